The lowest BCUT2D eigenvalue weighted by Crippen LogP contribution is -2.42. The summed E-state index contributed by atoms with van der Waals surface area (Å²) >= 11 is 0. The van der Waals surface area contributed by atoms with Gasteiger partial charge in [0.2, 0.25) is 0 Å². The molecule has 88 heavy (non-hydrogen) atoms. The first-order chi connectivity index (χ1) is 41.6. The van der Waals surface area contributed by atoms with Crippen LogP contribution in [-0.2, 0) is 84.6 Å². The second-order valence-corrected chi connectivity index (χ2v) is 32.0. The molecule has 6 nitrogen and oxygen atoms in total. The lowest BCUT2D eigenvalue weighted by molar-refractivity contribution is 0.382. The predicted molar refractivity (Wildman–Crippen MR) is 378 cm³/mol. The summed E-state index contributed by atoms with van der Waals surface area (Å²) < 4.78 is 0. The van der Waals surface area contributed by atoms with Gasteiger partial charge in [-0.3, -0.25) is 0 Å². The Bertz CT molecular complexity index is 2960. The van der Waals surface area contributed by atoms with Crippen molar-refractivity contribution in [2.45, 2.75) is 259 Å². The minimum atomic E-state index is 0.142. The van der Waals surface area contributed by atoms with Crippen LogP contribution < -0.4 is 31.9 Å². The van der Waals surface area contributed by atoms with E-state index in [-0.39, 0.29) is 21.8 Å². The van der Waals surface area contributed by atoms with Gasteiger partial charge in [0.15, 0.2) is 0 Å². The molecule has 2 spiro atoms. The summed E-state index contributed by atoms with van der Waals surface area (Å²) in [5, 5.41) is 21.1. The lowest BCUT2D eigenvalue weighted by Gasteiger charge is -2.34. The van der Waals surface area contributed by atoms with Gasteiger partial charge in [0, 0.05) is 67.7 Å². The average Bonchev–Trinajstić information content (AvgIpc) is 1.95. The maximum atomic E-state index is 3.67. The molecule has 476 valence electrons. The largest absolute Gasteiger partial charge is 0.312 e. The molecule has 8 aliphatic rings. The Balaban J connectivity index is 0.000000126. The zero-order valence-electron chi connectivity index (χ0n) is 58.4. The predicted octanol–water partition coefficient (Wildman–Crippen LogP) is 17.5. The second-order valence-electron chi connectivity index (χ2n) is 32.0. The van der Waals surface area contributed by atoms with Gasteiger partial charge >= 0.3 is 0 Å². The van der Waals surface area contributed by atoms with Crippen LogP contribution in [0.3, 0.4) is 0 Å². The first kappa shape index (κ1) is 67.5. The van der Waals surface area contributed by atoms with Crippen LogP contribution in [0, 0.1) is 0 Å². The topological polar surface area (TPSA) is 72.2 Å². The fraction of sp³-hybridized carbons (Fsp3) is 0.561. The second kappa shape index (κ2) is 27.9. The van der Waals surface area contributed by atoms with E-state index < -0.39 is 0 Å². The number of benzene rings is 6. The van der Waals surface area contributed by atoms with Crippen molar-refractivity contribution >= 4 is 0 Å². The molecule has 2 aliphatic carbocycles. The van der Waals surface area contributed by atoms with Crippen molar-refractivity contribution in [2.75, 3.05) is 39.3 Å². The molecule has 14 rings (SSSR count). The maximum Gasteiger partial charge on any atom is 0.0439 e. The van der Waals surface area contributed by atoms with Crippen LogP contribution in [-0.4, -0.2) is 39.3 Å². The molecular formula is C82H118N6. The van der Waals surface area contributed by atoms with Gasteiger partial charge in [0.05, 0.1) is 0 Å². The van der Waals surface area contributed by atoms with Gasteiger partial charge in [0.1, 0.15) is 0 Å². The molecule has 0 amide bonds. The van der Waals surface area contributed by atoms with Gasteiger partial charge in [-0.1, -0.05) is 220 Å². The molecule has 0 unspecified atom stereocenters. The first-order valence-electron chi connectivity index (χ1n) is 34.7. The third-order valence-electron chi connectivity index (χ3n) is 20.7. The molecule has 2 saturated carbocycles. The van der Waals surface area contributed by atoms with E-state index in [9.17, 15) is 0 Å². The lowest BCUT2D eigenvalue weighted by atomic mass is 9.78. The van der Waals surface area contributed by atoms with E-state index in [1.54, 1.807) is 22.3 Å². The fourth-order valence-electron chi connectivity index (χ4n) is 14.2. The van der Waals surface area contributed by atoms with E-state index in [0.29, 0.717) is 34.6 Å². The van der Waals surface area contributed by atoms with Crippen LogP contribution in [0.15, 0.2) is 109 Å². The molecule has 6 heterocycles. The molecule has 0 atom stereocenters. The van der Waals surface area contributed by atoms with Gasteiger partial charge in [-0.2, -0.15) is 0 Å². The van der Waals surface area contributed by atoms with Crippen molar-refractivity contribution in [1.29, 1.82) is 0 Å². The molecule has 0 saturated heterocycles. The molecule has 0 bridgehead atoms. The third kappa shape index (κ3) is 16.6. The average molecular weight is 1190 g/mol. The zero-order chi connectivity index (χ0) is 63.4. The van der Waals surface area contributed by atoms with Gasteiger partial charge in [0.25, 0.3) is 0 Å². The summed E-state index contributed by atoms with van der Waals surface area (Å²) in [4.78, 5) is 0. The third-order valence-corrected chi connectivity index (χ3v) is 20.7. The molecular weight excluding hydrogens is 1070 g/mol. The normalized spacial score (nSPS) is 19.2. The summed E-state index contributed by atoms with van der Waals surface area (Å²) in [6, 6.07) is 42.1. The Labute approximate surface area is 536 Å². The summed E-state index contributed by atoms with van der Waals surface area (Å²) in [7, 11) is 0. The SMILES string of the molecule is CC(C)(C)c1ccc2c(c1)CCNC2.CC(C)(C)c1ccc2c(c1)CNCC2.CC(C)c1ccc2c(c1)CCNC2(C)C.CC(C)c1ccc2c(c1)CCNC21CC1.CC(C)c1ccc2c(c1)CNCC2(C)C.CC(C)c1ccc2c(c1)CNCC21CC1. The number of nitrogens with one attached hydrogen (secondary N) is 6. The summed E-state index contributed by atoms with van der Waals surface area (Å²) in [5.41, 5.74) is 29.1. The Morgan fingerprint density at radius 3 is 1.27 bits per heavy atom. The van der Waals surface area contributed by atoms with Crippen molar-refractivity contribution in [1.82, 2.24) is 31.9 Å². The van der Waals surface area contributed by atoms with Crippen LogP contribution in [0.4, 0.5) is 0 Å². The summed E-state index contributed by atoms with van der Waals surface area (Å²) in [6.07, 6.45) is 10.2. The van der Waals surface area contributed by atoms with E-state index in [4.69, 9.17) is 0 Å². The fourth-order valence-corrected chi connectivity index (χ4v) is 14.2. The van der Waals surface area contributed by atoms with E-state index in [1.165, 1.54) is 136 Å². The molecule has 6 heteroatoms. The van der Waals surface area contributed by atoms with Crippen LogP contribution >= 0.6 is 0 Å². The first-order valence-corrected chi connectivity index (χ1v) is 34.7. The van der Waals surface area contributed by atoms with Gasteiger partial charge in [-0.25, -0.2) is 0 Å². The van der Waals surface area contributed by atoms with Gasteiger partial charge < -0.3 is 31.9 Å². The maximum absolute atomic E-state index is 3.67. The Hall–Kier alpha value is -4.92. The highest BCUT2D eigenvalue weighted by atomic mass is 15.0. The summed E-state index contributed by atoms with van der Waals surface area (Å²) in [5.74, 6) is 2.56. The molecule has 6 aromatic rings. The zero-order valence-corrected chi connectivity index (χ0v) is 58.4. The van der Waals surface area contributed by atoms with Crippen molar-refractivity contribution in [3.05, 3.63) is 209 Å². The highest BCUT2D eigenvalue weighted by molar-refractivity contribution is 5.46. The van der Waals surface area contributed by atoms with Crippen LogP contribution in [0.25, 0.3) is 0 Å². The molecule has 0 aromatic heterocycles. The minimum absolute atomic E-state index is 0.142. The van der Waals surface area contributed by atoms with Gasteiger partial charge in [-0.05, 0) is 219 Å². The summed E-state index contributed by atoms with van der Waals surface area (Å²) in [6.45, 7) is 51.9. The molecule has 6 aliphatic heterocycles. The number of fused-ring (bicyclic) bond motifs is 8. The standard InChI is InChI=1S/2C14H19N.2C14H21N.2C13H19N/c1-10(2)11-3-4-13-12(9-11)5-8-15-14(13)6-7-14;1-10(2)11-3-4-13-12(7-11)8-15-9-14(13)5-6-14;1-10(2)11-5-6-13-12(7-11)8-15-9-14(13,3)4;1-10(2)11-5-6-13-12(9-11)7-8-15-14(13,3)4;1-13(2,3)12-5-4-11-9-14-7-6-10(11)8-12;1-13(2,3)12-5-4-10-6-7-14-9-11(10)8-12/h3-4,9-10,15H,5-8H2,1-2H3;3-4,7,10,15H,5-6,8-9H2,1-2H3;5-7,10,15H,8-9H2,1-4H3;5-6,9-10,15H,7-8H2,1-4H3;2*4-5,8,14H,6-7,9H2,1-3H3. The van der Waals surface area contributed by atoms with Crippen LogP contribution in [0.5, 0.6) is 0 Å². The van der Waals surface area contributed by atoms with Crippen LogP contribution in [0.2, 0.25) is 0 Å². The van der Waals surface area contributed by atoms with Gasteiger partial charge in [-0.15, -0.1) is 0 Å². The molecule has 2 fully saturated rings. The smallest absolute Gasteiger partial charge is 0.0439 e. The number of hydrogen-bond donors (Lipinski definition) is 6. The van der Waals surface area contributed by atoms with E-state index >= 15 is 0 Å². The minimum Gasteiger partial charge on any atom is -0.312 e. The Morgan fingerprint density at radius 2 is 0.750 bits per heavy atom. The van der Waals surface area contributed by atoms with E-state index in [1.807, 2.05) is 0 Å². The Kier molecular flexibility index (Phi) is 21.4. The molecule has 0 radical (unpaired) electrons. The number of rotatable bonds is 4. The Morgan fingerprint density at radius 1 is 0.341 bits per heavy atom. The number of hydrogen-bond acceptors (Lipinski definition) is 6. The van der Waals surface area contributed by atoms with E-state index in [2.05, 4.69) is 266 Å². The monoisotopic (exact) mass is 1190 g/mol. The van der Waals surface area contributed by atoms with Crippen molar-refractivity contribution in [3.63, 3.8) is 0 Å². The van der Waals surface area contributed by atoms with E-state index in [0.717, 1.165) is 58.9 Å². The van der Waals surface area contributed by atoms with Crippen LogP contribution in [0.1, 0.15) is 274 Å². The van der Waals surface area contributed by atoms with Crippen molar-refractivity contribution < 1.29 is 0 Å². The highest BCUT2D eigenvalue weighted by Gasteiger charge is 2.47. The van der Waals surface area contributed by atoms with Crippen molar-refractivity contribution in [2.24, 2.45) is 0 Å². The van der Waals surface area contributed by atoms with Crippen molar-refractivity contribution in [3.8, 4) is 0 Å². The molecule has 6 N–H and O–H groups in total. The molecule has 6 aromatic carbocycles. The highest BCUT2D eigenvalue weighted by Crippen LogP contribution is 2.51. The quantitative estimate of drug-likeness (QED) is 0.106.